The number of halogens is 1. The Morgan fingerprint density at radius 1 is 1.50 bits per heavy atom. The molecule has 2 rings (SSSR count). The summed E-state index contributed by atoms with van der Waals surface area (Å²) < 4.78 is 1.11. The SMILES string of the molecule is NCCN1CCNc2cc(Br)ccc21. The molecule has 1 heterocycles. The number of nitrogens with two attached hydrogens (primary N) is 1. The molecule has 3 N–H and O–H groups in total. The Balaban J connectivity index is 2.30. The third-order valence-electron chi connectivity index (χ3n) is 2.40. The molecule has 0 aliphatic carbocycles. The van der Waals surface area contributed by atoms with Gasteiger partial charge in [0, 0.05) is 30.7 Å². The van der Waals surface area contributed by atoms with E-state index in [2.05, 4.69) is 44.3 Å². The van der Waals surface area contributed by atoms with Crippen molar-refractivity contribution in [2.45, 2.75) is 0 Å². The van der Waals surface area contributed by atoms with Gasteiger partial charge in [-0.05, 0) is 18.2 Å². The fraction of sp³-hybridized carbons (Fsp3) is 0.400. The van der Waals surface area contributed by atoms with Gasteiger partial charge in [0.15, 0.2) is 0 Å². The molecule has 14 heavy (non-hydrogen) atoms. The molecule has 0 unspecified atom stereocenters. The second kappa shape index (κ2) is 4.19. The van der Waals surface area contributed by atoms with Gasteiger partial charge in [-0.3, -0.25) is 0 Å². The van der Waals surface area contributed by atoms with Crippen LogP contribution in [0.4, 0.5) is 11.4 Å². The minimum atomic E-state index is 0.704. The van der Waals surface area contributed by atoms with Crippen LogP contribution in [0.25, 0.3) is 0 Å². The highest BCUT2D eigenvalue weighted by atomic mass is 79.9. The Labute approximate surface area is 92.4 Å². The van der Waals surface area contributed by atoms with Crippen molar-refractivity contribution >= 4 is 27.3 Å². The van der Waals surface area contributed by atoms with E-state index in [0.29, 0.717) is 6.54 Å². The van der Waals surface area contributed by atoms with Crippen LogP contribution in [-0.4, -0.2) is 26.2 Å². The van der Waals surface area contributed by atoms with E-state index >= 15 is 0 Å². The molecule has 76 valence electrons. The maximum Gasteiger partial charge on any atom is 0.0603 e. The van der Waals surface area contributed by atoms with Gasteiger partial charge in [0.2, 0.25) is 0 Å². The number of fused-ring (bicyclic) bond motifs is 1. The van der Waals surface area contributed by atoms with Gasteiger partial charge in [-0.25, -0.2) is 0 Å². The number of nitrogens with zero attached hydrogens (tertiary/aromatic N) is 1. The first-order valence-electron chi connectivity index (χ1n) is 4.79. The quantitative estimate of drug-likeness (QED) is 0.845. The molecule has 0 aromatic heterocycles. The highest BCUT2D eigenvalue weighted by molar-refractivity contribution is 9.10. The molecule has 1 aliphatic rings. The molecule has 0 spiro atoms. The highest BCUT2D eigenvalue weighted by Crippen LogP contribution is 2.31. The molecule has 4 heteroatoms. The lowest BCUT2D eigenvalue weighted by atomic mass is 10.2. The summed E-state index contributed by atoms with van der Waals surface area (Å²) in [6.07, 6.45) is 0. The van der Waals surface area contributed by atoms with Crippen LogP contribution in [-0.2, 0) is 0 Å². The Kier molecular flexibility index (Phi) is 2.93. The lowest BCUT2D eigenvalue weighted by Gasteiger charge is -2.31. The third-order valence-corrected chi connectivity index (χ3v) is 2.89. The summed E-state index contributed by atoms with van der Waals surface area (Å²) in [6.45, 7) is 3.65. The fourth-order valence-electron chi connectivity index (χ4n) is 1.76. The van der Waals surface area contributed by atoms with Crippen LogP contribution < -0.4 is 16.0 Å². The van der Waals surface area contributed by atoms with Crippen molar-refractivity contribution in [3.63, 3.8) is 0 Å². The van der Waals surface area contributed by atoms with E-state index in [1.54, 1.807) is 0 Å². The lowest BCUT2D eigenvalue weighted by Crippen LogP contribution is -2.37. The van der Waals surface area contributed by atoms with E-state index in [0.717, 1.165) is 24.1 Å². The van der Waals surface area contributed by atoms with Gasteiger partial charge in [0.05, 0.1) is 11.4 Å². The molecule has 3 nitrogen and oxygen atoms in total. The Morgan fingerprint density at radius 2 is 2.36 bits per heavy atom. The molecule has 0 bridgehead atoms. The zero-order chi connectivity index (χ0) is 9.97. The van der Waals surface area contributed by atoms with Gasteiger partial charge in [0.1, 0.15) is 0 Å². The molecule has 1 aromatic rings. The number of nitrogens with one attached hydrogen (secondary N) is 1. The zero-order valence-corrected chi connectivity index (χ0v) is 9.55. The summed E-state index contributed by atoms with van der Waals surface area (Å²) in [5.41, 5.74) is 8.02. The van der Waals surface area contributed by atoms with Gasteiger partial charge >= 0.3 is 0 Å². The van der Waals surface area contributed by atoms with E-state index in [9.17, 15) is 0 Å². The first-order chi connectivity index (χ1) is 6.81. The second-order valence-electron chi connectivity index (χ2n) is 3.36. The number of hydrogen-bond acceptors (Lipinski definition) is 3. The maximum atomic E-state index is 5.58. The smallest absolute Gasteiger partial charge is 0.0603 e. The molecule has 0 amide bonds. The average Bonchev–Trinajstić information content (AvgIpc) is 2.18. The standard InChI is InChI=1S/C10H14BrN3/c11-8-1-2-10-9(7-8)13-4-6-14(10)5-3-12/h1-2,7,13H,3-6,12H2. The minimum absolute atomic E-state index is 0.704. The molecule has 1 aliphatic heterocycles. The summed E-state index contributed by atoms with van der Waals surface area (Å²) in [7, 11) is 0. The number of benzene rings is 1. The van der Waals surface area contributed by atoms with E-state index in [4.69, 9.17) is 5.73 Å². The van der Waals surface area contributed by atoms with Gasteiger partial charge in [-0.2, -0.15) is 0 Å². The lowest BCUT2D eigenvalue weighted by molar-refractivity contribution is 0.780. The third kappa shape index (κ3) is 1.86. The minimum Gasteiger partial charge on any atom is -0.382 e. The average molecular weight is 256 g/mol. The second-order valence-corrected chi connectivity index (χ2v) is 4.28. The summed E-state index contributed by atoms with van der Waals surface area (Å²) >= 11 is 3.47. The monoisotopic (exact) mass is 255 g/mol. The van der Waals surface area contributed by atoms with Crippen LogP contribution in [0.1, 0.15) is 0 Å². The van der Waals surface area contributed by atoms with Gasteiger partial charge in [-0.1, -0.05) is 15.9 Å². The van der Waals surface area contributed by atoms with Crippen LogP contribution >= 0.6 is 15.9 Å². The van der Waals surface area contributed by atoms with Crippen molar-refractivity contribution < 1.29 is 0 Å². The van der Waals surface area contributed by atoms with Crippen LogP contribution in [0.15, 0.2) is 22.7 Å². The summed E-state index contributed by atoms with van der Waals surface area (Å²) in [6, 6.07) is 6.30. The first-order valence-corrected chi connectivity index (χ1v) is 5.59. The molecule has 0 radical (unpaired) electrons. The Morgan fingerprint density at radius 3 is 3.14 bits per heavy atom. The summed E-state index contributed by atoms with van der Waals surface area (Å²) in [4.78, 5) is 2.32. The summed E-state index contributed by atoms with van der Waals surface area (Å²) in [5.74, 6) is 0. The Bertz CT molecular complexity index is 327. The highest BCUT2D eigenvalue weighted by Gasteiger charge is 2.15. The van der Waals surface area contributed by atoms with Gasteiger partial charge in [0.25, 0.3) is 0 Å². The molecule has 0 fully saturated rings. The number of hydrogen-bond donors (Lipinski definition) is 2. The van der Waals surface area contributed by atoms with Crippen molar-refractivity contribution in [1.29, 1.82) is 0 Å². The predicted molar refractivity (Wildman–Crippen MR) is 63.9 cm³/mol. The maximum absolute atomic E-state index is 5.58. The Hall–Kier alpha value is -0.740. The van der Waals surface area contributed by atoms with Gasteiger partial charge < -0.3 is 16.0 Å². The largest absolute Gasteiger partial charge is 0.382 e. The molecular weight excluding hydrogens is 242 g/mol. The molecule has 0 atom stereocenters. The number of rotatable bonds is 2. The van der Waals surface area contributed by atoms with Crippen molar-refractivity contribution in [2.75, 3.05) is 36.4 Å². The molecule has 1 aromatic carbocycles. The molecule has 0 saturated heterocycles. The van der Waals surface area contributed by atoms with Crippen molar-refractivity contribution in [3.8, 4) is 0 Å². The zero-order valence-electron chi connectivity index (χ0n) is 7.96. The van der Waals surface area contributed by atoms with Crippen LogP contribution in [0.2, 0.25) is 0 Å². The van der Waals surface area contributed by atoms with Crippen molar-refractivity contribution in [1.82, 2.24) is 0 Å². The van der Waals surface area contributed by atoms with Crippen LogP contribution in [0.3, 0.4) is 0 Å². The first kappa shape index (κ1) is 9.80. The predicted octanol–water partition coefficient (Wildman–Crippen LogP) is 1.64. The topological polar surface area (TPSA) is 41.3 Å². The van der Waals surface area contributed by atoms with Crippen molar-refractivity contribution in [3.05, 3.63) is 22.7 Å². The van der Waals surface area contributed by atoms with E-state index < -0.39 is 0 Å². The fourth-order valence-corrected chi connectivity index (χ4v) is 2.12. The van der Waals surface area contributed by atoms with Crippen LogP contribution in [0, 0.1) is 0 Å². The normalized spacial score (nSPS) is 14.9. The van der Waals surface area contributed by atoms with Crippen LogP contribution in [0.5, 0.6) is 0 Å². The number of anilines is 2. The molecule has 0 saturated carbocycles. The van der Waals surface area contributed by atoms with Crippen molar-refractivity contribution in [2.24, 2.45) is 5.73 Å². The van der Waals surface area contributed by atoms with E-state index in [1.165, 1.54) is 11.4 Å². The van der Waals surface area contributed by atoms with Gasteiger partial charge in [-0.15, -0.1) is 0 Å². The molecular formula is C10H14BrN3. The van der Waals surface area contributed by atoms with E-state index in [1.807, 2.05) is 0 Å². The van der Waals surface area contributed by atoms with E-state index in [-0.39, 0.29) is 0 Å². The summed E-state index contributed by atoms with van der Waals surface area (Å²) in [5, 5.41) is 3.38.